The molecule has 2 atom stereocenters. The van der Waals surface area contributed by atoms with Gasteiger partial charge in [0.2, 0.25) is 0 Å². The highest BCUT2D eigenvalue weighted by Gasteiger charge is 2.23. The summed E-state index contributed by atoms with van der Waals surface area (Å²) in [6.07, 6.45) is 5.26. The van der Waals surface area contributed by atoms with Crippen molar-refractivity contribution >= 4 is 38.9 Å². The summed E-state index contributed by atoms with van der Waals surface area (Å²) in [6.45, 7) is 0.980. The van der Waals surface area contributed by atoms with Crippen molar-refractivity contribution in [2.75, 3.05) is 5.88 Å². The summed E-state index contributed by atoms with van der Waals surface area (Å²) < 4.78 is 1.21. The van der Waals surface area contributed by atoms with Crippen LogP contribution >= 0.6 is 38.9 Å². The molecule has 90 valence electrons. The van der Waals surface area contributed by atoms with Gasteiger partial charge in [0.1, 0.15) is 0 Å². The number of hydrogen-bond donors (Lipinski definition) is 1. The van der Waals surface area contributed by atoms with Crippen LogP contribution in [-0.4, -0.2) is 11.9 Å². The second-order valence-corrected chi connectivity index (χ2v) is 7.25. The van der Waals surface area contributed by atoms with Crippen molar-refractivity contribution in [3.8, 4) is 0 Å². The Hall–Kier alpha value is 0.430. The van der Waals surface area contributed by atoms with Gasteiger partial charge in [0, 0.05) is 23.3 Å². The molecular formula is C12H17BrClNS. The summed E-state index contributed by atoms with van der Waals surface area (Å²) in [5.41, 5.74) is 0. The van der Waals surface area contributed by atoms with Crippen LogP contribution < -0.4 is 5.32 Å². The summed E-state index contributed by atoms with van der Waals surface area (Å²) in [6, 6.07) is 4.91. The number of thiophene rings is 1. The van der Waals surface area contributed by atoms with Gasteiger partial charge in [-0.2, -0.15) is 0 Å². The highest BCUT2D eigenvalue weighted by Crippen LogP contribution is 2.27. The molecule has 0 aromatic carbocycles. The first-order valence-corrected chi connectivity index (χ1v) is 7.97. The molecule has 2 rings (SSSR count). The summed E-state index contributed by atoms with van der Waals surface area (Å²) in [5, 5.41) is 3.66. The molecule has 4 heteroatoms. The minimum Gasteiger partial charge on any atom is -0.309 e. The largest absolute Gasteiger partial charge is 0.309 e. The van der Waals surface area contributed by atoms with E-state index in [9.17, 15) is 0 Å². The van der Waals surface area contributed by atoms with Crippen molar-refractivity contribution in [1.82, 2.24) is 5.32 Å². The quantitative estimate of drug-likeness (QED) is 0.810. The molecule has 1 N–H and O–H groups in total. The van der Waals surface area contributed by atoms with Crippen LogP contribution in [0.4, 0.5) is 0 Å². The van der Waals surface area contributed by atoms with Crippen LogP contribution in [0.5, 0.6) is 0 Å². The predicted octanol–water partition coefficient (Wildman–Crippen LogP) is 4.40. The molecule has 1 heterocycles. The SMILES string of the molecule is ClCC1CCCCC1NCc1ccc(Br)s1. The van der Waals surface area contributed by atoms with E-state index in [2.05, 4.69) is 33.4 Å². The van der Waals surface area contributed by atoms with Crippen molar-refractivity contribution in [3.05, 3.63) is 20.8 Å². The predicted molar refractivity (Wildman–Crippen MR) is 75.3 cm³/mol. The Kier molecular flexibility index (Phi) is 5.14. The van der Waals surface area contributed by atoms with Gasteiger partial charge in [-0.3, -0.25) is 0 Å². The van der Waals surface area contributed by atoms with Gasteiger partial charge in [0.15, 0.2) is 0 Å². The maximum atomic E-state index is 6.02. The van der Waals surface area contributed by atoms with E-state index in [0.29, 0.717) is 12.0 Å². The van der Waals surface area contributed by atoms with Gasteiger partial charge in [-0.25, -0.2) is 0 Å². The summed E-state index contributed by atoms with van der Waals surface area (Å²) in [4.78, 5) is 1.39. The molecule has 0 bridgehead atoms. The van der Waals surface area contributed by atoms with Crippen molar-refractivity contribution < 1.29 is 0 Å². The fourth-order valence-corrected chi connectivity index (χ4v) is 4.14. The van der Waals surface area contributed by atoms with E-state index < -0.39 is 0 Å². The minimum absolute atomic E-state index is 0.618. The van der Waals surface area contributed by atoms with Gasteiger partial charge >= 0.3 is 0 Å². The Morgan fingerprint density at radius 1 is 1.38 bits per heavy atom. The lowest BCUT2D eigenvalue weighted by Crippen LogP contribution is -2.38. The average molecular weight is 323 g/mol. The maximum Gasteiger partial charge on any atom is 0.0701 e. The zero-order valence-electron chi connectivity index (χ0n) is 9.22. The van der Waals surface area contributed by atoms with E-state index in [1.165, 1.54) is 34.3 Å². The van der Waals surface area contributed by atoms with E-state index in [-0.39, 0.29) is 0 Å². The topological polar surface area (TPSA) is 12.0 Å². The van der Waals surface area contributed by atoms with Crippen LogP contribution in [0.15, 0.2) is 15.9 Å². The van der Waals surface area contributed by atoms with E-state index in [4.69, 9.17) is 11.6 Å². The number of rotatable bonds is 4. The van der Waals surface area contributed by atoms with Gasteiger partial charge in [0.05, 0.1) is 3.79 Å². The molecule has 0 radical (unpaired) electrons. The van der Waals surface area contributed by atoms with Gasteiger partial charge in [-0.05, 0) is 46.8 Å². The van der Waals surface area contributed by atoms with Gasteiger partial charge in [0.25, 0.3) is 0 Å². The molecule has 0 aliphatic heterocycles. The standard InChI is InChI=1S/C12H17BrClNS/c13-12-6-5-10(16-12)8-15-11-4-2-1-3-9(11)7-14/h5-6,9,11,15H,1-4,7-8H2. The molecule has 1 saturated carbocycles. The van der Waals surface area contributed by atoms with Crippen LogP contribution in [0.25, 0.3) is 0 Å². The van der Waals surface area contributed by atoms with Crippen LogP contribution in [0, 0.1) is 5.92 Å². The van der Waals surface area contributed by atoms with Gasteiger partial charge in [-0.15, -0.1) is 22.9 Å². The number of alkyl halides is 1. The molecule has 0 amide bonds. The first-order chi connectivity index (χ1) is 7.79. The van der Waals surface area contributed by atoms with Crippen LogP contribution in [-0.2, 0) is 6.54 Å². The Labute approximate surface area is 115 Å². The monoisotopic (exact) mass is 321 g/mol. The third-order valence-corrected chi connectivity index (χ3v) is 5.29. The molecule has 1 aromatic rings. The molecule has 0 saturated heterocycles. The fourth-order valence-electron chi connectivity index (χ4n) is 2.34. The molecular weight excluding hydrogens is 306 g/mol. The molecule has 1 nitrogen and oxygen atoms in total. The zero-order chi connectivity index (χ0) is 11.4. The minimum atomic E-state index is 0.618. The lowest BCUT2D eigenvalue weighted by atomic mass is 9.86. The first kappa shape index (κ1) is 12.9. The second-order valence-electron chi connectivity index (χ2n) is 4.39. The molecule has 1 aromatic heterocycles. The van der Waals surface area contributed by atoms with Gasteiger partial charge < -0.3 is 5.32 Å². The molecule has 16 heavy (non-hydrogen) atoms. The second kappa shape index (κ2) is 6.39. The normalized spacial score (nSPS) is 25.9. The van der Waals surface area contributed by atoms with E-state index in [1.807, 2.05) is 0 Å². The summed E-state index contributed by atoms with van der Waals surface area (Å²) in [7, 11) is 0. The molecule has 1 aliphatic rings. The Balaban J connectivity index is 1.84. The maximum absolute atomic E-state index is 6.02. The highest BCUT2D eigenvalue weighted by molar-refractivity contribution is 9.11. The lowest BCUT2D eigenvalue weighted by Gasteiger charge is -2.30. The summed E-state index contributed by atoms with van der Waals surface area (Å²) in [5.74, 6) is 1.46. The number of nitrogens with one attached hydrogen (secondary N) is 1. The Morgan fingerprint density at radius 3 is 2.88 bits per heavy atom. The molecule has 0 spiro atoms. The van der Waals surface area contributed by atoms with Crippen LogP contribution in [0.1, 0.15) is 30.6 Å². The fraction of sp³-hybridized carbons (Fsp3) is 0.667. The van der Waals surface area contributed by atoms with E-state index in [1.54, 1.807) is 11.3 Å². The smallest absolute Gasteiger partial charge is 0.0701 e. The van der Waals surface area contributed by atoms with Crippen molar-refractivity contribution in [2.45, 2.75) is 38.3 Å². The van der Waals surface area contributed by atoms with Crippen molar-refractivity contribution in [3.63, 3.8) is 0 Å². The van der Waals surface area contributed by atoms with E-state index in [0.717, 1.165) is 12.4 Å². The zero-order valence-corrected chi connectivity index (χ0v) is 12.4. The third-order valence-electron chi connectivity index (χ3n) is 3.27. The first-order valence-electron chi connectivity index (χ1n) is 5.83. The molecule has 1 aliphatic carbocycles. The molecule has 2 unspecified atom stereocenters. The van der Waals surface area contributed by atoms with Crippen molar-refractivity contribution in [2.24, 2.45) is 5.92 Å². The average Bonchev–Trinajstić information content (AvgIpc) is 2.73. The van der Waals surface area contributed by atoms with Crippen molar-refractivity contribution in [1.29, 1.82) is 0 Å². The lowest BCUT2D eigenvalue weighted by molar-refractivity contribution is 0.283. The third kappa shape index (κ3) is 3.46. The molecule has 1 fully saturated rings. The Bertz CT molecular complexity index is 329. The number of hydrogen-bond acceptors (Lipinski definition) is 2. The van der Waals surface area contributed by atoms with Gasteiger partial charge in [-0.1, -0.05) is 12.8 Å². The van der Waals surface area contributed by atoms with Crippen LogP contribution in [0.3, 0.4) is 0 Å². The highest BCUT2D eigenvalue weighted by atomic mass is 79.9. The van der Waals surface area contributed by atoms with E-state index >= 15 is 0 Å². The Morgan fingerprint density at radius 2 is 2.19 bits per heavy atom. The number of halogens is 2. The summed E-state index contributed by atoms with van der Waals surface area (Å²) >= 11 is 11.3. The van der Waals surface area contributed by atoms with Crippen LogP contribution in [0.2, 0.25) is 0 Å².